The van der Waals surface area contributed by atoms with Crippen LogP contribution in [0.2, 0.25) is 5.28 Å². The van der Waals surface area contributed by atoms with Crippen LogP contribution in [0.1, 0.15) is 30.0 Å². The maximum atomic E-state index is 14.2. The fourth-order valence-electron chi connectivity index (χ4n) is 2.66. The van der Waals surface area contributed by atoms with Gasteiger partial charge in [-0.2, -0.15) is 4.98 Å². The molecule has 1 aromatic carbocycles. The largest absolute Gasteiger partial charge is 0.257 e. The Morgan fingerprint density at radius 3 is 2.76 bits per heavy atom. The molecule has 0 fully saturated rings. The van der Waals surface area contributed by atoms with E-state index in [1.165, 1.54) is 4.57 Å². The van der Waals surface area contributed by atoms with Crippen LogP contribution in [0.5, 0.6) is 0 Å². The van der Waals surface area contributed by atoms with Gasteiger partial charge in [0.1, 0.15) is 0 Å². The van der Waals surface area contributed by atoms with Crippen LogP contribution in [0, 0.1) is 0 Å². The normalized spacial score (nSPS) is 20.7. The van der Waals surface area contributed by atoms with Crippen LogP contribution >= 0.6 is 11.6 Å². The van der Waals surface area contributed by atoms with Gasteiger partial charge in [-0.3, -0.25) is 4.57 Å². The van der Waals surface area contributed by atoms with E-state index in [1.54, 1.807) is 17.1 Å². The van der Waals surface area contributed by atoms with Crippen molar-refractivity contribution in [2.24, 2.45) is 0 Å². The second kappa shape index (κ2) is 4.66. The average molecular weight is 304 g/mol. The zero-order valence-electron chi connectivity index (χ0n) is 10.9. The zero-order chi connectivity index (χ0) is 14.4. The molecule has 0 amide bonds. The number of alkyl halides is 1. The minimum absolute atomic E-state index is 0.139. The molecule has 4 rings (SSSR count). The summed E-state index contributed by atoms with van der Waals surface area (Å²) >= 11 is 5.96. The second-order valence-corrected chi connectivity index (χ2v) is 5.25. The molecule has 0 unspecified atom stereocenters. The lowest BCUT2D eigenvalue weighted by Gasteiger charge is -2.11. The number of halogens is 2. The molecule has 106 valence electrons. The van der Waals surface area contributed by atoms with Crippen molar-refractivity contribution in [3.63, 3.8) is 0 Å². The molecule has 0 spiro atoms. The van der Waals surface area contributed by atoms with Gasteiger partial charge in [-0.25, -0.2) is 14.1 Å². The van der Waals surface area contributed by atoms with E-state index in [-0.39, 0.29) is 11.3 Å². The predicted molar refractivity (Wildman–Crippen MR) is 75.2 cm³/mol. The molecule has 0 N–H and O–H groups in total. The fraction of sp³-hybridized carbons (Fsp3) is 0.214. The summed E-state index contributed by atoms with van der Waals surface area (Å²) in [5.74, 6) is 0.680. The molecule has 0 bridgehead atoms. The quantitative estimate of drug-likeness (QED) is 0.731. The molecule has 21 heavy (non-hydrogen) atoms. The Bertz CT molecular complexity index is 782. The van der Waals surface area contributed by atoms with Gasteiger partial charge in [0.2, 0.25) is 5.28 Å². The molecule has 3 aromatic rings. The van der Waals surface area contributed by atoms with Crippen molar-refractivity contribution in [1.82, 2.24) is 24.3 Å². The molecule has 0 aliphatic carbocycles. The summed E-state index contributed by atoms with van der Waals surface area (Å²) < 4.78 is 17.4. The number of imidazole rings is 1. The van der Waals surface area contributed by atoms with Crippen LogP contribution in [0.15, 0.2) is 42.7 Å². The van der Waals surface area contributed by atoms with Crippen LogP contribution < -0.4 is 0 Å². The van der Waals surface area contributed by atoms with Crippen LogP contribution in [0.3, 0.4) is 0 Å². The molecule has 2 atom stereocenters. The van der Waals surface area contributed by atoms with Gasteiger partial charge in [0.25, 0.3) is 5.95 Å². The van der Waals surface area contributed by atoms with Crippen molar-refractivity contribution in [3.05, 3.63) is 59.4 Å². The summed E-state index contributed by atoms with van der Waals surface area (Å²) in [6.07, 6.45) is 2.43. The topological polar surface area (TPSA) is 48.5 Å². The fourth-order valence-corrected chi connectivity index (χ4v) is 2.85. The molecule has 5 nitrogen and oxygen atoms in total. The first kappa shape index (κ1) is 12.5. The highest BCUT2D eigenvalue weighted by atomic mass is 35.5. The van der Waals surface area contributed by atoms with Gasteiger partial charge >= 0.3 is 0 Å². The number of aromatic nitrogens is 5. The molecule has 0 radical (unpaired) electrons. The van der Waals surface area contributed by atoms with E-state index in [0.717, 1.165) is 5.56 Å². The first-order valence-electron chi connectivity index (χ1n) is 6.58. The van der Waals surface area contributed by atoms with Gasteiger partial charge in [0, 0.05) is 18.8 Å². The van der Waals surface area contributed by atoms with Crippen molar-refractivity contribution < 1.29 is 4.39 Å². The Hall–Kier alpha value is -2.21. The molecule has 0 saturated heterocycles. The molecular formula is C14H11ClFN5. The minimum atomic E-state index is -1.13. The van der Waals surface area contributed by atoms with E-state index in [2.05, 4.69) is 15.1 Å². The molecule has 0 saturated carbocycles. The third kappa shape index (κ3) is 1.94. The number of rotatable bonds is 2. The molecular weight excluding hydrogens is 293 g/mol. The summed E-state index contributed by atoms with van der Waals surface area (Å²) in [5, 5.41) is 4.66. The number of hydrogen-bond donors (Lipinski definition) is 0. The number of hydrogen-bond acceptors (Lipinski definition) is 3. The molecule has 7 heteroatoms. The summed E-state index contributed by atoms with van der Waals surface area (Å²) in [7, 11) is 0. The Balaban J connectivity index is 1.80. The van der Waals surface area contributed by atoms with Gasteiger partial charge in [-0.1, -0.05) is 30.3 Å². The molecule has 2 aromatic heterocycles. The zero-order valence-corrected chi connectivity index (χ0v) is 11.7. The third-order valence-electron chi connectivity index (χ3n) is 3.65. The van der Waals surface area contributed by atoms with E-state index >= 15 is 0 Å². The SMILES string of the molecule is F[C@H]1C[C@@H](c2ccccc2)n2nc(-n3ccnc3Cl)nc21. The standard InChI is InChI=1S/C14H11ClFN5/c15-13-17-6-7-20(13)14-18-12-10(16)8-11(21(12)19-14)9-4-2-1-3-5-9/h1-7,10-11H,8H2/t10-,11-/m0/s1. The Morgan fingerprint density at radius 2 is 2.05 bits per heavy atom. The van der Waals surface area contributed by atoms with E-state index in [9.17, 15) is 4.39 Å². The van der Waals surface area contributed by atoms with Gasteiger partial charge in [-0.15, -0.1) is 5.10 Å². The Kier molecular flexibility index (Phi) is 2.78. The van der Waals surface area contributed by atoms with Crippen molar-refractivity contribution in [1.29, 1.82) is 0 Å². The maximum Gasteiger partial charge on any atom is 0.255 e. The first-order valence-corrected chi connectivity index (χ1v) is 6.96. The first-order chi connectivity index (χ1) is 10.2. The minimum Gasteiger partial charge on any atom is -0.257 e. The van der Waals surface area contributed by atoms with Gasteiger partial charge < -0.3 is 0 Å². The third-order valence-corrected chi connectivity index (χ3v) is 3.93. The lowest BCUT2D eigenvalue weighted by Crippen LogP contribution is -2.08. The van der Waals surface area contributed by atoms with Gasteiger partial charge in [0.05, 0.1) is 6.04 Å². The second-order valence-electron chi connectivity index (χ2n) is 4.91. The van der Waals surface area contributed by atoms with Gasteiger partial charge in [0.15, 0.2) is 12.0 Å². The monoisotopic (exact) mass is 303 g/mol. The number of nitrogens with zero attached hydrogens (tertiary/aromatic N) is 5. The number of fused-ring (bicyclic) bond motifs is 1. The summed E-state index contributed by atoms with van der Waals surface area (Å²) in [5.41, 5.74) is 1.02. The van der Waals surface area contributed by atoms with E-state index in [4.69, 9.17) is 11.6 Å². The summed E-state index contributed by atoms with van der Waals surface area (Å²) in [6, 6.07) is 9.61. The molecule has 1 aliphatic rings. The number of benzene rings is 1. The lowest BCUT2D eigenvalue weighted by atomic mass is 10.0. The van der Waals surface area contributed by atoms with Crippen molar-refractivity contribution in [2.45, 2.75) is 18.6 Å². The smallest absolute Gasteiger partial charge is 0.255 e. The van der Waals surface area contributed by atoms with Crippen LogP contribution in [0.25, 0.3) is 5.95 Å². The van der Waals surface area contributed by atoms with Crippen molar-refractivity contribution in [3.8, 4) is 5.95 Å². The highest BCUT2D eigenvalue weighted by Crippen LogP contribution is 2.39. The molecule has 3 heterocycles. The molecule has 1 aliphatic heterocycles. The predicted octanol–water partition coefficient (Wildman–Crippen LogP) is 3.12. The van der Waals surface area contributed by atoms with E-state index in [1.807, 2.05) is 30.3 Å². The van der Waals surface area contributed by atoms with Crippen molar-refractivity contribution >= 4 is 11.6 Å². The van der Waals surface area contributed by atoms with Crippen LogP contribution in [-0.2, 0) is 0 Å². The average Bonchev–Trinajstić information content (AvgIpc) is 3.17. The summed E-state index contributed by atoms with van der Waals surface area (Å²) in [6.45, 7) is 0. The Morgan fingerprint density at radius 1 is 1.24 bits per heavy atom. The van der Waals surface area contributed by atoms with E-state index < -0.39 is 6.17 Å². The highest BCUT2D eigenvalue weighted by Gasteiger charge is 2.35. The maximum absolute atomic E-state index is 14.2. The van der Waals surface area contributed by atoms with Crippen LogP contribution in [-0.4, -0.2) is 24.3 Å². The van der Waals surface area contributed by atoms with Gasteiger partial charge in [-0.05, 0) is 17.2 Å². The van der Waals surface area contributed by atoms with Crippen LogP contribution in [0.4, 0.5) is 4.39 Å². The Labute approximate surface area is 125 Å². The lowest BCUT2D eigenvalue weighted by molar-refractivity contribution is 0.328. The van der Waals surface area contributed by atoms with E-state index in [0.29, 0.717) is 18.2 Å². The highest BCUT2D eigenvalue weighted by molar-refractivity contribution is 6.28. The summed E-state index contributed by atoms with van der Waals surface area (Å²) in [4.78, 5) is 8.18. The van der Waals surface area contributed by atoms with Crippen molar-refractivity contribution in [2.75, 3.05) is 0 Å².